The van der Waals surface area contributed by atoms with Crippen molar-refractivity contribution in [1.82, 2.24) is 19.5 Å². The number of morpholine rings is 1. The second-order valence-corrected chi connectivity index (χ2v) is 5.38. The molecule has 6 heteroatoms. The van der Waals surface area contributed by atoms with E-state index in [1.54, 1.807) is 0 Å². The predicted octanol–water partition coefficient (Wildman–Crippen LogP) is 1.08. The van der Waals surface area contributed by atoms with Gasteiger partial charge in [0.1, 0.15) is 5.82 Å². The topological polar surface area (TPSA) is 59.7 Å². The molecule has 2 aromatic heterocycles. The highest BCUT2D eigenvalue weighted by Gasteiger charge is 2.29. The number of fused-ring (bicyclic) bond motifs is 1. The summed E-state index contributed by atoms with van der Waals surface area (Å²) in [6, 6.07) is 3.70. The minimum atomic E-state index is 0.0608. The zero-order valence-electron chi connectivity index (χ0n) is 11.2. The Hall–Kier alpha value is -1.95. The highest BCUT2D eigenvalue weighted by molar-refractivity contribution is 5.94. The highest BCUT2D eigenvalue weighted by Crippen LogP contribution is 2.38. The third-order valence-corrected chi connectivity index (χ3v) is 3.92. The van der Waals surface area contributed by atoms with Gasteiger partial charge in [0.25, 0.3) is 5.91 Å². The summed E-state index contributed by atoms with van der Waals surface area (Å²) < 4.78 is 7.25. The van der Waals surface area contributed by atoms with E-state index in [2.05, 4.69) is 10.2 Å². The Morgan fingerprint density at radius 3 is 2.75 bits per heavy atom. The first-order chi connectivity index (χ1) is 9.83. The largest absolute Gasteiger partial charge is 0.378 e. The fourth-order valence-electron chi connectivity index (χ4n) is 2.60. The number of nitrogens with zero attached hydrogens (tertiary/aromatic N) is 4. The molecule has 6 nitrogen and oxygen atoms in total. The van der Waals surface area contributed by atoms with Crippen LogP contribution < -0.4 is 0 Å². The van der Waals surface area contributed by atoms with Gasteiger partial charge in [-0.25, -0.2) is 0 Å². The van der Waals surface area contributed by atoms with Gasteiger partial charge in [0.05, 0.1) is 18.8 Å². The van der Waals surface area contributed by atoms with E-state index >= 15 is 0 Å². The first-order valence-corrected chi connectivity index (χ1v) is 7.04. The van der Waals surface area contributed by atoms with Crippen molar-refractivity contribution in [3.8, 4) is 0 Å². The number of hydrogen-bond donors (Lipinski definition) is 0. The van der Waals surface area contributed by atoms with Crippen LogP contribution in [0.1, 0.15) is 34.9 Å². The summed E-state index contributed by atoms with van der Waals surface area (Å²) in [4.78, 5) is 14.3. The summed E-state index contributed by atoms with van der Waals surface area (Å²) in [6.07, 6.45) is 4.21. The van der Waals surface area contributed by atoms with Crippen LogP contribution in [0.3, 0.4) is 0 Å². The minimum absolute atomic E-state index is 0.0608. The lowest BCUT2D eigenvalue weighted by Gasteiger charge is -2.26. The van der Waals surface area contributed by atoms with Crippen LogP contribution in [0.5, 0.6) is 0 Å². The first-order valence-electron chi connectivity index (χ1n) is 7.04. The van der Waals surface area contributed by atoms with Crippen LogP contribution in [0.15, 0.2) is 18.3 Å². The van der Waals surface area contributed by atoms with Crippen LogP contribution in [0.4, 0.5) is 0 Å². The summed E-state index contributed by atoms with van der Waals surface area (Å²) in [5, 5.41) is 8.40. The summed E-state index contributed by atoms with van der Waals surface area (Å²) >= 11 is 0. The predicted molar refractivity (Wildman–Crippen MR) is 71.7 cm³/mol. The molecule has 0 atom stereocenters. The lowest BCUT2D eigenvalue weighted by atomic mass is 10.2. The minimum Gasteiger partial charge on any atom is -0.378 e. The molecule has 3 heterocycles. The van der Waals surface area contributed by atoms with Crippen LogP contribution in [0.2, 0.25) is 0 Å². The monoisotopic (exact) mass is 272 g/mol. The first kappa shape index (κ1) is 11.8. The van der Waals surface area contributed by atoms with E-state index in [0.29, 0.717) is 37.8 Å². The summed E-state index contributed by atoms with van der Waals surface area (Å²) in [7, 11) is 0. The third kappa shape index (κ3) is 1.96. The van der Waals surface area contributed by atoms with Crippen LogP contribution in [-0.2, 0) is 4.74 Å². The molecule has 0 N–H and O–H groups in total. The molecule has 2 fully saturated rings. The Kier molecular flexibility index (Phi) is 2.70. The van der Waals surface area contributed by atoms with Crippen LogP contribution in [0.25, 0.3) is 5.65 Å². The van der Waals surface area contributed by atoms with Gasteiger partial charge in [-0.3, -0.25) is 9.20 Å². The average molecular weight is 272 g/mol. The average Bonchev–Trinajstić information content (AvgIpc) is 3.26. The number of carbonyl (C=O) groups is 1. The van der Waals surface area contributed by atoms with Gasteiger partial charge in [0.2, 0.25) is 0 Å². The van der Waals surface area contributed by atoms with Gasteiger partial charge >= 0.3 is 0 Å². The summed E-state index contributed by atoms with van der Waals surface area (Å²) in [5.41, 5.74) is 1.51. The zero-order chi connectivity index (χ0) is 13.5. The molecule has 4 rings (SSSR count). The van der Waals surface area contributed by atoms with Gasteiger partial charge in [-0.2, -0.15) is 0 Å². The molecule has 1 aliphatic carbocycles. The fourth-order valence-corrected chi connectivity index (χ4v) is 2.60. The van der Waals surface area contributed by atoms with E-state index in [4.69, 9.17) is 4.74 Å². The molecule has 0 radical (unpaired) electrons. The maximum atomic E-state index is 12.5. The molecular weight excluding hydrogens is 256 g/mol. The standard InChI is InChI=1S/C14H16N4O2/c19-14(17-5-7-20-8-6-17)11-3-4-12-15-16-13(10-1-2-10)18(12)9-11/h3-4,9-10H,1-2,5-8H2. The lowest BCUT2D eigenvalue weighted by molar-refractivity contribution is 0.0302. The van der Waals surface area contributed by atoms with Crippen molar-refractivity contribution < 1.29 is 9.53 Å². The van der Waals surface area contributed by atoms with Crippen LogP contribution in [0, 0.1) is 0 Å². The maximum absolute atomic E-state index is 12.5. The molecule has 0 spiro atoms. The molecule has 104 valence electrons. The molecular formula is C14H16N4O2. The molecule has 0 unspecified atom stereocenters. The van der Waals surface area contributed by atoms with Gasteiger partial charge in [0, 0.05) is 25.2 Å². The Morgan fingerprint density at radius 1 is 1.20 bits per heavy atom. The van der Waals surface area contributed by atoms with Crippen molar-refractivity contribution in [2.45, 2.75) is 18.8 Å². The lowest BCUT2D eigenvalue weighted by Crippen LogP contribution is -2.40. The van der Waals surface area contributed by atoms with Crippen molar-refractivity contribution in [3.63, 3.8) is 0 Å². The molecule has 0 aromatic carbocycles. The second kappa shape index (κ2) is 4.56. The van der Waals surface area contributed by atoms with Crippen molar-refractivity contribution in [2.75, 3.05) is 26.3 Å². The third-order valence-electron chi connectivity index (χ3n) is 3.92. The summed E-state index contributed by atoms with van der Waals surface area (Å²) in [6.45, 7) is 2.56. The van der Waals surface area contributed by atoms with Gasteiger partial charge in [-0.05, 0) is 25.0 Å². The van der Waals surface area contributed by atoms with Gasteiger partial charge in [-0.15, -0.1) is 10.2 Å². The fraction of sp³-hybridized carbons (Fsp3) is 0.500. The molecule has 1 amide bonds. The molecule has 1 saturated heterocycles. The van der Waals surface area contributed by atoms with Crippen LogP contribution >= 0.6 is 0 Å². The van der Waals surface area contributed by atoms with E-state index in [1.165, 1.54) is 12.8 Å². The molecule has 1 saturated carbocycles. The Morgan fingerprint density at radius 2 is 2.00 bits per heavy atom. The number of carbonyl (C=O) groups excluding carboxylic acids is 1. The number of pyridine rings is 1. The molecule has 0 bridgehead atoms. The molecule has 1 aliphatic heterocycles. The van der Waals surface area contributed by atoms with Crippen LogP contribution in [-0.4, -0.2) is 51.7 Å². The summed E-state index contributed by atoms with van der Waals surface area (Å²) in [5.74, 6) is 1.56. The van der Waals surface area contributed by atoms with E-state index < -0.39 is 0 Å². The quantitative estimate of drug-likeness (QED) is 0.820. The van der Waals surface area contributed by atoms with Gasteiger partial charge in [0.15, 0.2) is 5.65 Å². The number of rotatable bonds is 2. The number of hydrogen-bond acceptors (Lipinski definition) is 4. The van der Waals surface area contributed by atoms with E-state index in [9.17, 15) is 4.79 Å². The second-order valence-electron chi connectivity index (χ2n) is 5.38. The molecule has 20 heavy (non-hydrogen) atoms. The van der Waals surface area contributed by atoms with Gasteiger partial charge in [-0.1, -0.05) is 0 Å². The van der Waals surface area contributed by atoms with Crippen molar-refractivity contribution >= 4 is 11.6 Å². The number of ether oxygens (including phenoxy) is 1. The Labute approximate surface area is 116 Å². The van der Waals surface area contributed by atoms with Crippen molar-refractivity contribution in [1.29, 1.82) is 0 Å². The highest BCUT2D eigenvalue weighted by atomic mass is 16.5. The Balaban J connectivity index is 1.68. The maximum Gasteiger partial charge on any atom is 0.255 e. The smallest absolute Gasteiger partial charge is 0.255 e. The van der Waals surface area contributed by atoms with E-state index in [-0.39, 0.29) is 5.91 Å². The zero-order valence-corrected chi connectivity index (χ0v) is 11.2. The number of aromatic nitrogens is 3. The number of amides is 1. The SMILES string of the molecule is O=C(c1ccc2nnc(C3CC3)n2c1)N1CCOCC1. The molecule has 2 aliphatic rings. The Bertz CT molecular complexity index is 656. The van der Waals surface area contributed by atoms with E-state index in [0.717, 1.165) is 11.5 Å². The van der Waals surface area contributed by atoms with Crippen molar-refractivity contribution in [2.24, 2.45) is 0 Å². The van der Waals surface area contributed by atoms with E-state index in [1.807, 2.05) is 27.6 Å². The normalized spacial score (nSPS) is 19.5. The van der Waals surface area contributed by atoms with Gasteiger partial charge < -0.3 is 9.64 Å². The molecule has 2 aromatic rings. The van der Waals surface area contributed by atoms with Crippen molar-refractivity contribution in [3.05, 3.63) is 29.7 Å².